The molecule has 0 saturated carbocycles. The van der Waals surface area contributed by atoms with Crippen molar-refractivity contribution < 1.29 is 18.3 Å². The van der Waals surface area contributed by atoms with Crippen molar-refractivity contribution >= 4 is 17.7 Å². The molecule has 2 rings (SSSR count). The summed E-state index contributed by atoms with van der Waals surface area (Å²) in [6, 6.07) is 14.3. The summed E-state index contributed by atoms with van der Waals surface area (Å²) >= 11 is 1.53. The van der Waals surface area contributed by atoms with Gasteiger partial charge in [0, 0.05) is 5.75 Å². The van der Waals surface area contributed by atoms with Gasteiger partial charge in [-0.25, -0.2) is 0 Å². The first-order valence-electron chi connectivity index (χ1n) is 7.91. The molecule has 0 fully saturated rings. The highest BCUT2D eigenvalue weighted by molar-refractivity contribution is 7.99. The van der Waals surface area contributed by atoms with Crippen molar-refractivity contribution in [1.29, 1.82) is 0 Å². The monoisotopic (exact) mass is 365 g/mol. The number of hydrogen-bond acceptors (Lipinski definition) is 3. The molecule has 2 aromatic carbocycles. The number of ether oxygens (including phenoxy) is 1. The molecular formula is C19H21F2NO2S. The highest BCUT2D eigenvalue weighted by atomic mass is 32.2. The summed E-state index contributed by atoms with van der Waals surface area (Å²) in [5.74, 6) is 1.10. The Morgan fingerprint density at radius 2 is 1.92 bits per heavy atom. The number of aryl methyl sites for hydroxylation is 1. The number of rotatable bonds is 8. The minimum Gasteiger partial charge on any atom is -0.435 e. The topological polar surface area (TPSA) is 38.3 Å². The van der Waals surface area contributed by atoms with Crippen molar-refractivity contribution in [3.8, 4) is 5.75 Å². The number of benzene rings is 2. The van der Waals surface area contributed by atoms with Crippen molar-refractivity contribution in [3.05, 3.63) is 65.2 Å². The summed E-state index contributed by atoms with van der Waals surface area (Å²) in [6.07, 6.45) is 0. The summed E-state index contributed by atoms with van der Waals surface area (Å²) < 4.78 is 28.9. The molecule has 2 aromatic rings. The molecule has 0 aliphatic carbocycles. The quantitative estimate of drug-likeness (QED) is 0.736. The van der Waals surface area contributed by atoms with Gasteiger partial charge < -0.3 is 10.1 Å². The van der Waals surface area contributed by atoms with Crippen LogP contribution in [0.2, 0.25) is 0 Å². The van der Waals surface area contributed by atoms with E-state index in [0.29, 0.717) is 5.75 Å². The number of alkyl halides is 2. The molecule has 0 aromatic heterocycles. The second kappa shape index (κ2) is 9.42. The van der Waals surface area contributed by atoms with Crippen molar-refractivity contribution in [2.24, 2.45) is 0 Å². The van der Waals surface area contributed by atoms with E-state index in [2.05, 4.69) is 22.2 Å². The van der Waals surface area contributed by atoms with Crippen LogP contribution in [0.5, 0.6) is 5.75 Å². The van der Waals surface area contributed by atoms with Crippen LogP contribution in [0.3, 0.4) is 0 Å². The summed E-state index contributed by atoms with van der Waals surface area (Å²) in [5.41, 5.74) is 3.10. The van der Waals surface area contributed by atoms with Crippen LogP contribution in [0.25, 0.3) is 0 Å². The van der Waals surface area contributed by atoms with Crippen molar-refractivity contribution in [1.82, 2.24) is 5.32 Å². The van der Waals surface area contributed by atoms with Gasteiger partial charge in [-0.3, -0.25) is 4.79 Å². The largest absolute Gasteiger partial charge is 0.435 e. The highest BCUT2D eigenvalue weighted by Crippen LogP contribution is 2.21. The lowest BCUT2D eigenvalue weighted by Crippen LogP contribution is -2.28. The third kappa shape index (κ3) is 6.74. The number of amides is 1. The van der Waals surface area contributed by atoms with Gasteiger partial charge in [-0.2, -0.15) is 8.78 Å². The fraction of sp³-hybridized carbons (Fsp3) is 0.316. The van der Waals surface area contributed by atoms with E-state index in [-0.39, 0.29) is 17.7 Å². The maximum absolute atomic E-state index is 12.3. The maximum atomic E-state index is 12.3. The number of hydrogen-bond donors (Lipinski definition) is 1. The van der Waals surface area contributed by atoms with Gasteiger partial charge in [0.05, 0.1) is 11.8 Å². The molecule has 0 aliphatic rings. The van der Waals surface area contributed by atoms with E-state index in [9.17, 15) is 13.6 Å². The minimum absolute atomic E-state index is 0.0855. The predicted molar refractivity (Wildman–Crippen MR) is 97.0 cm³/mol. The molecule has 1 N–H and O–H groups in total. The smallest absolute Gasteiger partial charge is 0.387 e. The maximum Gasteiger partial charge on any atom is 0.387 e. The molecular weight excluding hydrogens is 344 g/mol. The number of nitrogens with one attached hydrogen (secondary N) is 1. The molecule has 0 radical (unpaired) electrons. The normalized spacial score (nSPS) is 12.0. The minimum atomic E-state index is -2.86. The van der Waals surface area contributed by atoms with Gasteiger partial charge in [-0.05, 0) is 37.1 Å². The van der Waals surface area contributed by atoms with Crippen LogP contribution < -0.4 is 10.1 Å². The molecule has 0 bridgehead atoms. The van der Waals surface area contributed by atoms with Crippen LogP contribution in [0.15, 0.2) is 48.5 Å². The van der Waals surface area contributed by atoms with E-state index >= 15 is 0 Å². The summed E-state index contributed by atoms with van der Waals surface area (Å²) in [6.45, 7) is 0.982. The van der Waals surface area contributed by atoms with Crippen molar-refractivity contribution in [2.45, 2.75) is 32.3 Å². The number of thioether (sulfide) groups is 1. The average molecular weight is 365 g/mol. The third-order valence-corrected chi connectivity index (χ3v) is 4.59. The van der Waals surface area contributed by atoms with Crippen LogP contribution in [0, 0.1) is 6.92 Å². The molecule has 134 valence electrons. The van der Waals surface area contributed by atoms with E-state index in [4.69, 9.17) is 0 Å². The van der Waals surface area contributed by atoms with Crippen molar-refractivity contribution in [2.75, 3.05) is 5.75 Å². The Labute approximate surface area is 150 Å². The van der Waals surface area contributed by atoms with Gasteiger partial charge >= 0.3 is 6.61 Å². The van der Waals surface area contributed by atoms with Gasteiger partial charge in [-0.15, -0.1) is 11.8 Å². The van der Waals surface area contributed by atoms with Gasteiger partial charge in [0.15, 0.2) is 0 Å². The third-order valence-electron chi connectivity index (χ3n) is 3.58. The molecule has 1 atom stereocenters. The van der Waals surface area contributed by atoms with Gasteiger partial charge in [0.25, 0.3) is 0 Å². The van der Waals surface area contributed by atoms with Gasteiger partial charge in [-0.1, -0.05) is 42.0 Å². The first-order valence-corrected chi connectivity index (χ1v) is 9.07. The lowest BCUT2D eigenvalue weighted by Gasteiger charge is -2.15. The van der Waals surface area contributed by atoms with E-state index in [1.54, 1.807) is 12.1 Å². The molecule has 3 nitrogen and oxygen atoms in total. The predicted octanol–water partition coefficient (Wildman–Crippen LogP) is 4.71. The first-order chi connectivity index (χ1) is 11.9. The zero-order chi connectivity index (χ0) is 18.2. The Kier molecular flexibility index (Phi) is 7.25. The highest BCUT2D eigenvalue weighted by Gasteiger charge is 2.12. The van der Waals surface area contributed by atoms with E-state index in [1.807, 2.05) is 26.0 Å². The van der Waals surface area contributed by atoms with Gasteiger partial charge in [0.1, 0.15) is 5.75 Å². The second-order valence-corrected chi connectivity index (χ2v) is 6.70. The Morgan fingerprint density at radius 1 is 1.20 bits per heavy atom. The second-order valence-electron chi connectivity index (χ2n) is 5.72. The molecule has 25 heavy (non-hydrogen) atoms. The molecule has 1 unspecified atom stereocenters. The zero-order valence-corrected chi connectivity index (χ0v) is 15.0. The molecule has 0 heterocycles. The first kappa shape index (κ1) is 19.2. The number of halogens is 2. The van der Waals surface area contributed by atoms with Crippen molar-refractivity contribution in [3.63, 3.8) is 0 Å². The molecule has 0 saturated heterocycles. The summed E-state index contributed by atoms with van der Waals surface area (Å²) in [7, 11) is 0. The molecule has 6 heteroatoms. The van der Waals surface area contributed by atoms with Crippen LogP contribution in [-0.4, -0.2) is 18.3 Å². The molecule has 0 aliphatic heterocycles. The Hall–Kier alpha value is -2.08. The fourth-order valence-corrected chi connectivity index (χ4v) is 3.07. The molecule has 0 spiro atoms. The van der Waals surface area contributed by atoms with Crippen LogP contribution in [0.4, 0.5) is 8.78 Å². The Balaban J connectivity index is 1.80. The Bertz CT molecular complexity index is 692. The number of carbonyl (C=O) groups is 1. The van der Waals surface area contributed by atoms with Crippen LogP contribution in [-0.2, 0) is 10.5 Å². The SMILES string of the molecule is Cc1ccc(CSCC(=O)NC(C)c2cccc(OC(F)F)c2)cc1. The average Bonchev–Trinajstić information content (AvgIpc) is 2.56. The van der Waals surface area contributed by atoms with E-state index < -0.39 is 6.61 Å². The molecule has 1 amide bonds. The number of carbonyl (C=O) groups excluding carboxylic acids is 1. The van der Waals surface area contributed by atoms with Crippen LogP contribution >= 0.6 is 11.8 Å². The Morgan fingerprint density at radius 3 is 2.60 bits per heavy atom. The summed E-state index contributed by atoms with van der Waals surface area (Å²) in [5, 5.41) is 2.87. The van der Waals surface area contributed by atoms with E-state index in [0.717, 1.165) is 11.3 Å². The fourth-order valence-electron chi connectivity index (χ4n) is 2.27. The van der Waals surface area contributed by atoms with E-state index in [1.165, 1.54) is 35.0 Å². The standard InChI is InChI=1S/C19H21F2NO2S/c1-13-6-8-15(9-7-13)11-25-12-18(23)22-14(2)16-4-3-5-17(10-16)24-19(20)21/h3-10,14,19H,11-12H2,1-2H3,(H,22,23). The van der Waals surface area contributed by atoms with Gasteiger partial charge in [0.2, 0.25) is 5.91 Å². The zero-order valence-electron chi connectivity index (χ0n) is 14.2. The summed E-state index contributed by atoms with van der Waals surface area (Å²) in [4.78, 5) is 12.1. The lowest BCUT2D eigenvalue weighted by atomic mass is 10.1. The lowest BCUT2D eigenvalue weighted by molar-refractivity contribution is -0.119. The van der Waals surface area contributed by atoms with Crippen LogP contribution in [0.1, 0.15) is 29.7 Å².